The van der Waals surface area contributed by atoms with Crippen LogP contribution in [0.25, 0.3) is 0 Å². The van der Waals surface area contributed by atoms with Crippen LogP contribution in [0.3, 0.4) is 0 Å². The zero-order chi connectivity index (χ0) is 25.5. The second-order valence-corrected chi connectivity index (χ2v) is 8.40. The van der Waals surface area contributed by atoms with E-state index in [0.29, 0.717) is 11.0 Å². The van der Waals surface area contributed by atoms with Crippen LogP contribution in [-0.4, -0.2) is 31.4 Å². The Labute approximate surface area is 212 Å². The minimum atomic E-state index is -1.62. The predicted octanol–water partition coefficient (Wildman–Crippen LogP) is 3.35. The smallest absolute Gasteiger partial charge is 0.488 e. The molecule has 0 aliphatic heterocycles. The Morgan fingerprint density at radius 2 is 1.25 bits per heavy atom. The minimum Gasteiger partial charge on any atom is -0.497 e. The Hall–Kier alpha value is -3.62. The van der Waals surface area contributed by atoms with Gasteiger partial charge in [0.05, 0.1) is 20.8 Å². The Morgan fingerprint density at radius 3 is 1.72 bits per heavy atom. The SMILES string of the molecule is COc1ccc(C(OCc2ccc(CN)c(B(O)O)c2)(c2ccccc2)c2ccc(OC)cc2)cc1. The van der Waals surface area contributed by atoms with Gasteiger partial charge in [0.25, 0.3) is 0 Å². The van der Waals surface area contributed by atoms with Gasteiger partial charge in [0.2, 0.25) is 0 Å². The fraction of sp³-hybridized carbons (Fsp3) is 0.172. The largest absolute Gasteiger partial charge is 0.497 e. The molecule has 4 rings (SSSR count). The van der Waals surface area contributed by atoms with Gasteiger partial charge in [-0.2, -0.15) is 0 Å². The van der Waals surface area contributed by atoms with Gasteiger partial charge in [-0.1, -0.05) is 72.8 Å². The molecule has 0 amide bonds. The zero-order valence-electron chi connectivity index (χ0n) is 20.4. The van der Waals surface area contributed by atoms with Crippen LogP contribution in [0.5, 0.6) is 11.5 Å². The maximum absolute atomic E-state index is 9.86. The molecule has 4 aromatic carbocycles. The first-order valence-corrected chi connectivity index (χ1v) is 11.7. The molecule has 184 valence electrons. The second-order valence-electron chi connectivity index (χ2n) is 8.40. The summed E-state index contributed by atoms with van der Waals surface area (Å²) >= 11 is 0. The molecule has 0 saturated carbocycles. The monoisotopic (exact) mass is 483 g/mol. The highest BCUT2D eigenvalue weighted by atomic mass is 16.5. The quantitative estimate of drug-likeness (QED) is 0.237. The van der Waals surface area contributed by atoms with E-state index in [2.05, 4.69) is 0 Å². The molecule has 0 radical (unpaired) electrons. The summed E-state index contributed by atoms with van der Waals surface area (Å²) in [5.74, 6) is 1.49. The molecule has 7 heteroatoms. The van der Waals surface area contributed by atoms with E-state index in [-0.39, 0.29) is 13.2 Å². The van der Waals surface area contributed by atoms with Crippen molar-refractivity contribution in [2.45, 2.75) is 18.8 Å². The molecule has 0 spiro atoms. The highest BCUT2D eigenvalue weighted by molar-refractivity contribution is 6.59. The van der Waals surface area contributed by atoms with Crippen molar-refractivity contribution in [1.29, 1.82) is 0 Å². The van der Waals surface area contributed by atoms with E-state index in [0.717, 1.165) is 33.8 Å². The number of nitrogens with two attached hydrogens (primary N) is 1. The molecule has 0 aliphatic carbocycles. The lowest BCUT2D eigenvalue weighted by molar-refractivity contribution is 0.000214. The molecule has 0 bridgehead atoms. The van der Waals surface area contributed by atoms with E-state index in [4.69, 9.17) is 19.9 Å². The first-order valence-electron chi connectivity index (χ1n) is 11.7. The summed E-state index contributed by atoms with van der Waals surface area (Å²) in [7, 11) is 1.65. The molecule has 4 aromatic rings. The number of hydrogen-bond acceptors (Lipinski definition) is 6. The van der Waals surface area contributed by atoms with Crippen molar-refractivity contribution in [3.05, 3.63) is 125 Å². The van der Waals surface area contributed by atoms with E-state index >= 15 is 0 Å². The van der Waals surface area contributed by atoms with Crippen LogP contribution in [0, 0.1) is 0 Å². The zero-order valence-corrected chi connectivity index (χ0v) is 20.4. The van der Waals surface area contributed by atoms with Gasteiger partial charge >= 0.3 is 7.12 Å². The Balaban J connectivity index is 1.86. The summed E-state index contributed by atoms with van der Waals surface area (Å²) in [6, 6.07) is 31.1. The number of methoxy groups -OCH3 is 2. The molecule has 4 N–H and O–H groups in total. The fourth-order valence-corrected chi connectivity index (χ4v) is 4.43. The van der Waals surface area contributed by atoms with Crippen molar-refractivity contribution < 1.29 is 24.3 Å². The molecule has 0 heterocycles. The summed E-state index contributed by atoms with van der Waals surface area (Å²) < 4.78 is 17.6. The van der Waals surface area contributed by atoms with Crippen LogP contribution in [0.1, 0.15) is 27.8 Å². The minimum absolute atomic E-state index is 0.206. The number of ether oxygens (including phenoxy) is 3. The molecule has 0 aromatic heterocycles. The van der Waals surface area contributed by atoms with Crippen molar-refractivity contribution in [3.8, 4) is 11.5 Å². The van der Waals surface area contributed by atoms with Gasteiger partial charge in [-0.15, -0.1) is 0 Å². The molecule has 0 unspecified atom stereocenters. The van der Waals surface area contributed by atoms with Gasteiger partial charge in [0, 0.05) is 6.54 Å². The molecule has 0 saturated heterocycles. The maximum atomic E-state index is 9.86. The van der Waals surface area contributed by atoms with E-state index in [9.17, 15) is 10.0 Å². The summed E-state index contributed by atoms with van der Waals surface area (Å²) in [4.78, 5) is 0. The lowest BCUT2D eigenvalue weighted by Gasteiger charge is -2.36. The molecule has 6 nitrogen and oxygen atoms in total. The predicted molar refractivity (Wildman–Crippen MR) is 141 cm³/mol. The van der Waals surface area contributed by atoms with Crippen LogP contribution < -0.4 is 20.7 Å². The van der Waals surface area contributed by atoms with Gasteiger partial charge in [-0.3, -0.25) is 0 Å². The van der Waals surface area contributed by atoms with Crippen LogP contribution in [-0.2, 0) is 23.5 Å². The van der Waals surface area contributed by atoms with Gasteiger partial charge in [-0.05, 0) is 57.5 Å². The topological polar surface area (TPSA) is 94.2 Å². The third-order valence-electron chi connectivity index (χ3n) is 6.34. The summed E-state index contributed by atoms with van der Waals surface area (Å²) in [5, 5.41) is 19.7. The van der Waals surface area contributed by atoms with Crippen molar-refractivity contribution in [3.63, 3.8) is 0 Å². The van der Waals surface area contributed by atoms with Gasteiger partial charge in [-0.25, -0.2) is 0 Å². The first-order chi connectivity index (χ1) is 17.5. The highest BCUT2D eigenvalue weighted by Gasteiger charge is 2.38. The average molecular weight is 483 g/mol. The maximum Gasteiger partial charge on any atom is 0.488 e. The van der Waals surface area contributed by atoms with E-state index in [1.54, 1.807) is 26.4 Å². The van der Waals surface area contributed by atoms with Crippen molar-refractivity contribution in [2.75, 3.05) is 14.2 Å². The van der Waals surface area contributed by atoms with Crippen molar-refractivity contribution in [2.24, 2.45) is 5.73 Å². The number of rotatable bonds is 10. The Morgan fingerprint density at radius 1 is 0.722 bits per heavy atom. The van der Waals surface area contributed by atoms with Crippen molar-refractivity contribution >= 4 is 12.6 Å². The summed E-state index contributed by atoms with van der Waals surface area (Å²) in [6.45, 7) is 0.414. The Bertz CT molecular complexity index is 1210. The Kier molecular flexibility index (Phi) is 8.08. The third-order valence-corrected chi connectivity index (χ3v) is 6.34. The average Bonchev–Trinajstić information content (AvgIpc) is 2.94. The fourth-order valence-electron chi connectivity index (χ4n) is 4.43. The molecule has 36 heavy (non-hydrogen) atoms. The normalized spacial score (nSPS) is 11.2. The van der Waals surface area contributed by atoms with E-state index in [1.807, 2.05) is 84.9 Å². The lowest BCUT2D eigenvalue weighted by atomic mass is 9.76. The van der Waals surface area contributed by atoms with Crippen LogP contribution in [0.4, 0.5) is 0 Å². The third kappa shape index (κ3) is 5.15. The first kappa shape index (κ1) is 25.5. The van der Waals surface area contributed by atoms with Gasteiger partial charge in [0.1, 0.15) is 17.1 Å². The molecular formula is C29H30BNO5. The molecule has 0 atom stereocenters. The van der Waals surface area contributed by atoms with Crippen LogP contribution >= 0.6 is 0 Å². The second kappa shape index (κ2) is 11.4. The standard InChI is InChI=1S/C29H30BNO5/c1-34-26-14-10-24(11-15-26)29(23-6-4-3-5-7-23,25-12-16-27(35-2)17-13-25)36-20-21-8-9-22(19-31)28(18-21)30(32)33/h3-18,32-33H,19-20,31H2,1-2H3. The van der Waals surface area contributed by atoms with Gasteiger partial charge in [0.15, 0.2) is 0 Å². The molecular weight excluding hydrogens is 453 g/mol. The van der Waals surface area contributed by atoms with Crippen LogP contribution in [0.2, 0.25) is 0 Å². The number of hydrogen-bond donors (Lipinski definition) is 3. The van der Waals surface area contributed by atoms with E-state index in [1.165, 1.54) is 0 Å². The summed E-state index contributed by atoms with van der Waals surface area (Å²) in [6.07, 6.45) is 0. The number of benzene rings is 4. The highest BCUT2D eigenvalue weighted by Crippen LogP contribution is 2.42. The van der Waals surface area contributed by atoms with Gasteiger partial charge < -0.3 is 30.0 Å². The van der Waals surface area contributed by atoms with E-state index < -0.39 is 12.7 Å². The van der Waals surface area contributed by atoms with Crippen molar-refractivity contribution in [1.82, 2.24) is 0 Å². The summed E-state index contributed by atoms with van der Waals surface area (Å²) in [5.41, 5.74) is 9.43. The molecule has 0 fully saturated rings. The lowest BCUT2D eigenvalue weighted by Crippen LogP contribution is -2.35. The molecule has 0 aliphatic rings. The van der Waals surface area contributed by atoms with Crippen LogP contribution in [0.15, 0.2) is 97.1 Å².